The van der Waals surface area contributed by atoms with Crippen molar-refractivity contribution in [3.05, 3.63) is 41.6 Å². The van der Waals surface area contributed by atoms with Crippen LogP contribution in [0.25, 0.3) is 5.69 Å². The van der Waals surface area contributed by atoms with Gasteiger partial charge in [0.05, 0.1) is 30.3 Å². The minimum absolute atomic E-state index is 0.515. The van der Waals surface area contributed by atoms with Crippen LogP contribution in [0.4, 0.5) is 0 Å². The molecule has 20 heavy (non-hydrogen) atoms. The highest BCUT2D eigenvalue weighted by Crippen LogP contribution is 2.25. The first-order valence-corrected chi connectivity index (χ1v) is 6.14. The molecular formula is C15H15N3O2. The van der Waals surface area contributed by atoms with Crippen LogP contribution in [-0.2, 0) is 6.42 Å². The van der Waals surface area contributed by atoms with E-state index < -0.39 is 0 Å². The zero-order valence-corrected chi connectivity index (χ0v) is 11.2. The van der Waals surface area contributed by atoms with Gasteiger partial charge in [0.25, 0.3) is 0 Å². The Balaban J connectivity index is 2.55. The van der Waals surface area contributed by atoms with E-state index >= 15 is 0 Å². The molecule has 0 amide bonds. The highest BCUT2D eigenvalue weighted by Gasteiger charge is 2.18. The van der Waals surface area contributed by atoms with Gasteiger partial charge in [-0.15, -0.1) is 12.3 Å². The first-order valence-electron chi connectivity index (χ1n) is 6.14. The van der Waals surface area contributed by atoms with E-state index in [1.807, 2.05) is 30.3 Å². The van der Waals surface area contributed by atoms with Crippen LogP contribution in [0.15, 0.2) is 35.5 Å². The fourth-order valence-electron chi connectivity index (χ4n) is 1.96. The van der Waals surface area contributed by atoms with Crippen LogP contribution in [0.1, 0.15) is 17.7 Å². The molecule has 0 saturated carbocycles. The summed E-state index contributed by atoms with van der Waals surface area (Å²) < 4.78 is 7.06. The van der Waals surface area contributed by atoms with Crippen molar-refractivity contribution in [1.82, 2.24) is 9.78 Å². The first kappa shape index (κ1) is 13.7. The average molecular weight is 269 g/mol. The Morgan fingerprint density at radius 3 is 2.80 bits per heavy atom. The molecule has 0 saturated heterocycles. The number of methoxy groups -OCH3 is 1. The van der Waals surface area contributed by atoms with Gasteiger partial charge in [0.15, 0.2) is 0 Å². The first-order chi connectivity index (χ1) is 9.81. The SMILES string of the molecule is C#CCCc1nn(-c2ccccc2)c(OC)c1/C=N/O. The summed E-state index contributed by atoms with van der Waals surface area (Å²) in [6, 6.07) is 9.59. The molecule has 0 aliphatic carbocycles. The van der Waals surface area contributed by atoms with E-state index in [9.17, 15) is 0 Å². The lowest BCUT2D eigenvalue weighted by Crippen LogP contribution is -2.00. The Morgan fingerprint density at radius 2 is 2.20 bits per heavy atom. The molecule has 1 heterocycles. The number of benzene rings is 1. The molecular weight excluding hydrogens is 254 g/mol. The molecule has 0 radical (unpaired) electrons. The number of terminal acetylenes is 1. The van der Waals surface area contributed by atoms with Crippen LogP contribution in [0.3, 0.4) is 0 Å². The maximum Gasteiger partial charge on any atom is 0.225 e. The van der Waals surface area contributed by atoms with Gasteiger partial charge in [-0.25, -0.2) is 4.68 Å². The predicted molar refractivity (Wildman–Crippen MR) is 76.7 cm³/mol. The van der Waals surface area contributed by atoms with Crippen LogP contribution >= 0.6 is 0 Å². The maximum atomic E-state index is 8.81. The molecule has 1 N–H and O–H groups in total. The molecule has 2 aromatic rings. The smallest absolute Gasteiger partial charge is 0.225 e. The maximum absolute atomic E-state index is 8.81. The van der Waals surface area contributed by atoms with Crippen LogP contribution in [0.2, 0.25) is 0 Å². The molecule has 5 heteroatoms. The summed E-state index contributed by atoms with van der Waals surface area (Å²) in [4.78, 5) is 0. The third kappa shape index (κ3) is 2.64. The fraction of sp³-hybridized carbons (Fsp3) is 0.200. The van der Waals surface area contributed by atoms with E-state index in [-0.39, 0.29) is 0 Å². The van der Waals surface area contributed by atoms with Gasteiger partial charge in [-0.1, -0.05) is 23.4 Å². The summed E-state index contributed by atoms with van der Waals surface area (Å²) in [7, 11) is 1.55. The van der Waals surface area contributed by atoms with E-state index in [2.05, 4.69) is 16.2 Å². The van der Waals surface area contributed by atoms with Crippen molar-refractivity contribution in [2.45, 2.75) is 12.8 Å². The molecule has 1 aromatic heterocycles. The number of aromatic nitrogens is 2. The van der Waals surface area contributed by atoms with Gasteiger partial charge >= 0.3 is 0 Å². The molecule has 0 fully saturated rings. The second-order valence-electron chi connectivity index (χ2n) is 4.07. The lowest BCUT2D eigenvalue weighted by atomic mass is 10.1. The van der Waals surface area contributed by atoms with Gasteiger partial charge in [0.2, 0.25) is 5.88 Å². The number of hydrogen-bond acceptors (Lipinski definition) is 4. The predicted octanol–water partition coefficient (Wildman–Crippen LogP) is 2.25. The van der Waals surface area contributed by atoms with E-state index in [4.69, 9.17) is 16.4 Å². The van der Waals surface area contributed by atoms with E-state index in [0.717, 1.165) is 11.4 Å². The minimum atomic E-state index is 0.515. The highest BCUT2D eigenvalue weighted by atomic mass is 16.5. The molecule has 0 atom stereocenters. The van der Waals surface area contributed by atoms with E-state index in [0.29, 0.717) is 24.3 Å². The normalized spacial score (nSPS) is 10.6. The number of hydrogen-bond donors (Lipinski definition) is 1. The van der Waals surface area contributed by atoms with Crippen molar-refractivity contribution in [3.63, 3.8) is 0 Å². The van der Waals surface area contributed by atoms with E-state index in [1.54, 1.807) is 11.8 Å². The van der Waals surface area contributed by atoms with Gasteiger partial charge in [-0.2, -0.15) is 5.10 Å². The number of aryl methyl sites for hydroxylation is 1. The van der Waals surface area contributed by atoms with Crippen molar-refractivity contribution < 1.29 is 9.94 Å². The molecule has 2 rings (SSSR count). The van der Waals surface area contributed by atoms with Crippen LogP contribution in [0, 0.1) is 12.3 Å². The number of rotatable bonds is 5. The molecule has 1 aromatic carbocycles. The number of nitrogens with zero attached hydrogens (tertiary/aromatic N) is 3. The summed E-state index contributed by atoms with van der Waals surface area (Å²) in [5, 5.41) is 16.4. The Morgan fingerprint density at radius 1 is 1.45 bits per heavy atom. The topological polar surface area (TPSA) is 59.6 Å². The van der Waals surface area contributed by atoms with Gasteiger partial charge in [0, 0.05) is 12.8 Å². The molecule has 0 spiro atoms. The van der Waals surface area contributed by atoms with Gasteiger partial charge in [-0.3, -0.25) is 0 Å². The molecule has 5 nitrogen and oxygen atoms in total. The Kier molecular flexibility index (Phi) is 4.40. The molecule has 0 aliphatic heterocycles. The third-order valence-corrected chi connectivity index (χ3v) is 2.84. The molecule has 102 valence electrons. The van der Waals surface area contributed by atoms with Gasteiger partial charge < -0.3 is 9.94 Å². The monoisotopic (exact) mass is 269 g/mol. The third-order valence-electron chi connectivity index (χ3n) is 2.84. The van der Waals surface area contributed by atoms with Gasteiger partial charge in [-0.05, 0) is 12.1 Å². The summed E-state index contributed by atoms with van der Waals surface area (Å²) >= 11 is 0. The van der Waals surface area contributed by atoms with Gasteiger partial charge in [0.1, 0.15) is 0 Å². The Hall–Kier alpha value is -2.74. The Bertz CT molecular complexity index is 639. The average Bonchev–Trinajstić information content (AvgIpc) is 2.84. The lowest BCUT2D eigenvalue weighted by molar-refractivity contribution is 0.321. The molecule has 0 aliphatic rings. The quantitative estimate of drug-likeness (QED) is 0.392. The Labute approximate surface area is 117 Å². The second-order valence-corrected chi connectivity index (χ2v) is 4.07. The van der Waals surface area contributed by atoms with E-state index in [1.165, 1.54) is 6.21 Å². The molecule has 0 unspecified atom stereocenters. The lowest BCUT2D eigenvalue weighted by Gasteiger charge is -2.05. The van der Waals surface area contributed by atoms with Crippen molar-refractivity contribution in [2.24, 2.45) is 5.16 Å². The standard InChI is InChI=1S/C15H15N3O2/c1-3-4-10-14-13(11-16-19)15(20-2)18(17-14)12-8-6-5-7-9-12/h1,5-9,11,19H,4,10H2,2H3/b16-11+. The summed E-state index contributed by atoms with van der Waals surface area (Å²) in [6.07, 6.45) is 7.75. The highest BCUT2D eigenvalue weighted by molar-refractivity contribution is 5.84. The zero-order valence-electron chi connectivity index (χ0n) is 11.2. The zero-order chi connectivity index (χ0) is 14.4. The van der Waals surface area contributed by atoms with Crippen molar-refractivity contribution in [2.75, 3.05) is 7.11 Å². The summed E-state index contributed by atoms with van der Waals surface area (Å²) in [5.74, 6) is 3.09. The fourth-order valence-corrected chi connectivity index (χ4v) is 1.96. The van der Waals surface area contributed by atoms with Crippen molar-refractivity contribution >= 4 is 6.21 Å². The number of ether oxygens (including phenoxy) is 1. The van der Waals surface area contributed by atoms with Crippen LogP contribution < -0.4 is 4.74 Å². The van der Waals surface area contributed by atoms with Crippen molar-refractivity contribution in [3.8, 4) is 23.9 Å². The van der Waals surface area contributed by atoms with Crippen molar-refractivity contribution in [1.29, 1.82) is 0 Å². The summed E-state index contributed by atoms with van der Waals surface area (Å²) in [6.45, 7) is 0. The number of para-hydroxylation sites is 1. The van der Waals surface area contributed by atoms with Crippen LogP contribution in [-0.4, -0.2) is 28.3 Å². The molecule has 0 bridgehead atoms. The largest absolute Gasteiger partial charge is 0.480 e. The minimum Gasteiger partial charge on any atom is -0.480 e. The second kappa shape index (κ2) is 6.43. The van der Waals surface area contributed by atoms with Crippen LogP contribution in [0.5, 0.6) is 5.88 Å². The number of oxime groups is 1. The summed E-state index contributed by atoms with van der Waals surface area (Å²) in [5.41, 5.74) is 2.24.